The topological polar surface area (TPSA) is 117 Å². The van der Waals surface area contributed by atoms with E-state index in [1.807, 2.05) is 30.1 Å². The van der Waals surface area contributed by atoms with E-state index in [4.69, 9.17) is 22.6 Å². The SMILES string of the molecule is CCOP(=O)(OCC)OC(c1ccc(C(=O)N(C)CCN(C)c2ccccn2)c(F)c1)P(=O)(OCC)OCC. The molecule has 0 bridgehead atoms. The van der Waals surface area contributed by atoms with Crippen LogP contribution in [0.2, 0.25) is 0 Å². The lowest BCUT2D eigenvalue weighted by Crippen LogP contribution is -2.35. The monoisotopic (exact) mass is 589 g/mol. The number of carbonyl (C=O) groups excluding carboxylic acids is 1. The van der Waals surface area contributed by atoms with E-state index in [1.54, 1.807) is 40.9 Å². The molecule has 0 spiro atoms. The zero-order chi connectivity index (χ0) is 29.1. The van der Waals surface area contributed by atoms with E-state index in [1.165, 1.54) is 17.0 Å². The van der Waals surface area contributed by atoms with Crippen molar-refractivity contribution in [3.05, 3.63) is 59.5 Å². The van der Waals surface area contributed by atoms with Crippen molar-refractivity contribution in [1.82, 2.24) is 9.88 Å². The van der Waals surface area contributed by atoms with E-state index in [9.17, 15) is 13.9 Å². The number of carbonyl (C=O) groups is 1. The smallest absolute Gasteiger partial charge is 0.358 e. The Labute approximate surface area is 229 Å². The standard InChI is InChI=1S/C25H38FN3O8P2/c1-7-33-38(31,34-8-2)25(37-39(32,35-9-3)36-10-4)20-14-15-21(22(26)19-20)24(30)29(6)18-17-28(5)23-13-11-12-16-27-23/h11-16,19,25H,7-10,17-18H2,1-6H3. The molecule has 39 heavy (non-hydrogen) atoms. The zero-order valence-electron chi connectivity index (χ0n) is 23.2. The van der Waals surface area contributed by atoms with Crippen molar-refractivity contribution < 1.29 is 40.9 Å². The molecule has 0 aliphatic heterocycles. The number of hydrogen-bond acceptors (Lipinski definition) is 10. The van der Waals surface area contributed by atoms with E-state index in [-0.39, 0.29) is 37.6 Å². The maximum absolute atomic E-state index is 15.3. The number of nitrogens with zero attached hydrogens (tertiary/aromatic N) is 3. The first-order valence-corrected chi connectivity index (χ1v) is 15.7. The molecule has 0 aliphatic rings. The number of phosphoric acid groups is 1. The van der Waals surface area contributed by atoms with Crippen LogP contribution in [0, 0.1) is 5.82 Å². The van der Waals surface area contributed by atoms with Crippen molar-refractivity contribution in [2.24, 2.45) is 0 Å². The molecule has 0 radical (unpaired) electrons. The highest BCUT2D eigenvalue weighted by Crippen LogP contribution is 2.67. The molecule has 218 valence electrons. The van der Waals surface area contributed by atoms with Gasteiger partial charge < -0.3 is 18.8 Å². The van der Waals surface area contributed by atoms with E-state index in [2.05, 4.69) is 4.98 Å². The number of rotatable bonds is 17. The first-order chi connectivity index (χ1) is 18.5. The van der Waals surface area contributed by atoms with Crippen LogP contribution in [-0.2, 0) is 31.7 Å². The summed E-state index contributed by atoms with van der Waals surface area (Å²) in [7, 11) is -4.98. The summed E-state index contributed by atoms with van der Waals surface area (Å²) in [6.45, 7) is 7.01. The third-order valence-electron chi connectivity index (χ3n) is 5.38. The molecular formula is C25H38FN3O8P2. The summed E-state index contributed by atoms with van der Waals surface area (Å²) in [5.41, 5.74) is -0.229. The van der Waals surface area contributed by atoms with E-state index in [0.717, 1.165) is 11.9 Å². The highest BCUT2D eigenvalue weighted by molar-refractivity contribution is 7.55. The van der Waals surface area contributed by atoms with Crippen LogP contribution in [0.3, 0.4) is 0 Å². The molecule has 2 aromatic rings. The van der Waals surface area contributed by atoms with Gasteiger partial charge >= 0.3 is 15.4 Å². The summed E-state index contributed by atoms with van der Waals surface area (Å²) in [4.78, 5) is 20.6. The molecule has 14 heteroatoms. The quantitative estimate of drug-likeness (QED) is 0.207. The van der Waals surface area contributed by atoms with Gasteiger partial charge in [-0.15, -0.1) is 0 Å². The Bertz CT molecular complexity index is 1140. The lowest BCUT2D eigenvalue weighted by atomic mass is 10.1. The Balaban J connectivity index is 2.34. The number of hydrogen-bond donors (Lipinski definition) is 0. The highest BCUT2D eigenvalue weighted by atomic mass is 31.2. The van der Waals surface area contributed by atoms with Gasteiger partial charge in [0.05, 0.1) is 32.0 Å². The first-order valence-electron chi connectivity index (χ1n) is 12.7. The Morgan fingerprint density at radius 1 is 0.923 bits per heavy atom. The first kappa shape index (κ1) is 33.0. The molecule has 0 aliphatic carbocycles. The lowest BCUT2D eigenvalue weighted by Gasteiger charge is -2.29. The third-order valence-corrected chi connectivity index (χ3v) is 9.37. The van der Waals surface area contributed by atoms with Gasteiger partial charge in [-0.1, -0.05) is 12.1 Å². The summed E-state index contributed by atoms with van der Waals surface area (Å²) in [5.74, 6) is -2.36. The molecule has 0 N–H and O–H groups in total. The fraction of sp³-hybridized carbons (Fsp3) is 0.520. The summed E-state index contributed by atoms with van der Waals surface area (Å²) in [6.07, 6.45) is 1.67. The van der Waals surface area contributed by atoms with Gasteiger partial charge in [-0.25, -0.2) is 13.9 Å². The molecule has 0 saturated heterocycles. The van der Waals surface area contributed by atoms with Crippen molar-refractivity contribution >= 4 is 27.1 Å². The molecule has 1 atom stereocenters. The van der Waals surface area contributed by atoms with Crippen molar-refractivity contribution in [2.75, 3.05) is 58.5 Å². The van der Waals surface area contributed by atoms with Crippen molar-refractivity contribution in [1.29, 1.82) is 0 Å². The lowest BCUT2D eigenvalue weighted by molar-refractivity contribution is 0.0792. The maximum Gasteiger partial charge on any atom is 0.475 e. The van der Waals surface area contributed by atoms with E-state index < -0.39 is 33.0 Å². The van der Waals surface area contributed by atoms with Crippen LogP contribution in [0.4, 0.5) is 10.2 Å². The summed E-state index contributed by atoms with van der Waals surface area (Å²) in [5, 5.41) is 0. The number of amides is 1. The van der Waals surface area contributed by atoms with Gasteiger partial charge in [-0.2, -0.15) is 0 Å². The van der Waals surface area contributed by atoms with Crippen LogP contribution in [0.5, 0.6) is 0 Å². The Hall–Kier alpha value is -2.17. The number of anilines is 1. The van der Waals surface area contributed by atoms with Gasteiger partial charge in [-0.05, 0) is 57.5 Å². The predicted octanol–water partition coefficient (Wildman–Crippen LogP) is 5.89. The fourth-order valence-electron chi connectivity index (χ4n) is 3.53. The third kappa shape index (κ3) is 9.18. The largest absolute Gasteiger partial charge is 0.475 e. The molecule has 0 fully saturated rings. The molecule has 0 saturated carbocycles. The van der Waals surface area contributed by atoms with Gasteiger partial charge in [0.25, 0.3) is 5.91 Å². The average Bonchev–Trinajstić information content (AvgIpc) is 2.91. The second-order valence-electron chi connectivity index (χ2n) is 8.19. The van der Waals surface area contributed by atoms with E-state index >= 15 is 4.39 Å². The number of halogens is 1. The molecule has 1 amide bonds. The van der Waals surface area contributed by atoms with Crippen LogP contribution in [0.1, 0.15) is 49.5 Å². The zero-order valence-corrected chi connectivity index (χ0v) is 25.0. The minimum atomic E-state index is -4.23. The van der Waals surface area contributed by atoms with Gasteiger partial charge in [0.2, 0.25) is 0 Å². The molecule has 1 unspecified atom stereocenters. The number of aromatic nitrogens is 1. The second-order valence-corrected chi connectivity index (χ2v) is 11.9. The van der Waals surface area contributed by atoms with Gasteiger partial charge in [-0.3, -0.25) is 22.9 Å². The van der Waals surface area contributed by atoms with Gasteiger partial charge in [0.15, 0.2) is 5.85 Å². The van der Waals surface area contributed by atoms with Crippen molar-refractivity contribution in [2.45, 2.75) is 33.5 Å². The molecule has 2 rings (SSSR count). The maximum atomic E-state index is 15.3. The van der Waals surface area contributed by atoms with Gasteiger partial charge in [0, 0.05) is 33.4 Å². The summed E-state index contributed by atoms with van der Waals surface area (Å²) >= 11 is 0. The summed E-state index contributed by atoms with van der Waals surface area (Å²) in [6, 6.07) is 9.09. The van der Waals surface area contributed by atoms with Crippen molar-refractivity contribution in [3.8, 4) is 0 Å². The van der Waals surface area contributed by atoms with Crippen LogP contribution in [0.15, 0.2) is 42.6 Å². The van der Waals surface area contributed by atoms with E-state index in [0.29, 0.717) is 13.1 Å². The van der Waals surface area contributed by atoms with Crippen LogP contribution in [0.25, 0.3) is 0 Å². The number of likely N-dealkylation sites (N-methyl/N-ethyl adjacent to an activating group) is 2. The van der Waals surface area contributed by atoms with Crippen LogP contribution >= 0.6 is 15.4 Å². The van der Waals surface area contributed by atoms with Gasteiger partial charge in [0.1, 0.15) is 11.6 Å². The van der Waals surface area contributed by atoms with Crippen LogP contribution < -0.4 is 4.90 Å². The molecule has 1 aromatic carbocycles. The minimum absolute atomic E-state index is 0.0218. The Morgan fingerprint density at radius 3 is 2.05 bits per heavy atom. The number of phosphoric ester groups is 1. The average molecular weight is 590 g/mol. The molecule has 1 heterocycles. The number of pyridine rings is 1. The number of benzene rings is 1. The molecule has 11 nitrogen and oxygen atoms in total. The fourth-order valence-corrected chi connectivity index (χ4v) is 7.12. The summed E-state index contributed by atoms with van der Waals surface area (Å²) < 4.78 is 69.0. The highest BCUT2D eigenvalue weighted by Gasteiger charge is 2.44. The Morgan fingerprint density at radius 2 is 1.54 bits per heavy atom. The minimum Gasteiger partial charge on any atom is -0.358 e. The van der Waals surface area contributed by atoms with Crippen LogP contribution in [-0.4, -0.2) is 69.4 Å². The second kappa shape index (κ2) is 15.6. The molecular weight excluding hydrogens is 551 g/mol. The predicted molar refractivity (Wildman–Crippen MR) is 146 cm³/mol. The normalized spacial score (nSPS) is 12.8. The molecule has 1 aromatic heterocycles. The van der Waals surface area contributed by atoms with Crippen molar-refractivity contribution in [3.63, 3.8) is 0 Å². The Kier molecular flexibility index (Phi) is 13.2.